The molecule has 2 nitrogen and oxygen atoms in total. The van der Waals surface area contributed by atoms with Gasteiger partial charge < -0.3 is 18.0 Å². The maximum Gasteiger partial charge on any atom is 0.248 e. The van der Waals surface area contributed by atoms with Gasteiger partial charge in [0.1, 0.15) is 0 Å². The van der Waals surface area contributed by atoms with E-state index in [0.29, 0.717) is 12.3 Å². The molecule has 0 aromatic rings. The van der Waals surface area contributed by atoms with Gasteiger partial charge >= 0.3 is 0 Å². The molecule has 0 N–H and O–H groups in total. The van der Waals surface area contributed by atoms with Gasteiger partial charge in [0, 0.05) is 17.5 Å². The Morgan fingerprint density at radius 3 is 1.43 bits per heavy atom. The summed E-state index contributed by atoms with van der Waals surface area (Å²) < 4.78 is 27.2. The molecule has 2 unspecified atom stereocenters. The Hall–Kier alpha value is 0.214. The van der Waals surface area contributed by atoms with Crippen LogP contribution in [0.15, 0.2) is 0 Å². The van der Waals surface area contributed by atoms with Crippen molar-refractivity contribution in [1.29, 1.82) is 0 Å². The van der Waals surface area contributed by atoms with Crippen molar-refractivity contribution in [3.05, 3.63) is 0 Å². The first-order valence-electron chi connectivity index (χ1n) is 4.92. The molecular weight excluding hydrogens is 218 g/mol. The highest BCUT2D eigenvalue weighted by Gasteiger charge is 2.30. The van der Waals surface area contributed by atoms with Crippen molar-refractivity contribution < 1.29 is 8.22 Å². The molecule has 0 fully saturated rings. The molecule has 0 rings (SSSR count). The Morgan fingerprint density at radius 2 is 1.21 bits per heavy atom. The van der Waals surface area contributed by atoms with Crippen LogP contribution in [0.4, 0.5) is 8.22 Å². The summed E-state index contributed by atoms with van der Waals surface area (Å²) in [6.45, 7) is 1.75. The molecule has 0 amide bonds. The maximum atomic E-state index is 13.6. The van der Waals surface area contributed by atoms with Gasteiger partial charge in [0.25, 0.3) is 0 Å². The zero-order valence-electron chi connectivity index (χ0n) is 9.80. The standard InChI is InChI=1S/C8H22F2N2Si2/c1-8(13(9)6-11(2)3)14(10)7-12(4)5/h8,13-14H,6-7H2,1-5H3. The Labute approximate surface area is 89.4 Å². The average Bonchev–Trinajstić information content (AvgIpc) is 2.00. The predicted octanol–water partition coefficient (Wildman–Crippen LogP) is 0.504. The second-order valence-corrected chi connectivity index (χ2v) is 10.1. The predicted molar refractivity (Wildman–Crippen MR) is 63.0 cm³/mol. The Bertz CT molecular complexity index is 142. The number of rotatable bonds is 6. The van der Waals surface area contributed by atoms with E-state index in [1.807, 2.05) is 38.0 Å². The van der Waals surface area contributed by atoms with Crippen LogP contribution in [-0.4, -0.2) is 68.6 Å². The normalized spacial score (nSPS) is 18.6. The van der Waals surface area contributed by atoms with Gasteiger partial charge in [-0.2, -0.15) is 0 Å². The molecule has 0 saturated carbocycles. The number of hydrogen-bond donors (Lipinski definition) is 0. The molecule has 0 aromatic carbocycles. The van der Waals surface area contributed by atoms with Gasteiger partial charge in [0.05, 0.1) is 0 Å². The third-order valence-electron chi connectivity index (χ3n) is 2.22. The first kappa shape index (κ1) is 14.2. The molecule has 86 valence electrons. The number of nitrogens with zero attached hydrogens (tertiary/aromatic N) is 2. The minimum absolute atomic E-state index is 0.264. The Balaban J connectivity index is 3.96. The second-order valence-electron chi connectivity index (χ2n) is 4.42. The van der Waals surface area contributed by atoms with Gasteiger partial charge in [-0.15, -0.1) is 0 Å². The van der Waals surface area contributed by atoms with Gasteiger partial charge in [-0.25, -0.2) is 0 Å². The summed E-state index contributed by atoms with van der Waals surface area (Å²) in [5.74, 6) is 0. The van der Waals surface area contributed by atoms with Crippen LogP contribution in [0.1, 0.15) is 6.92 Å². The number of halogens is 2. The van der Waals surface area contributed by atoms with Crippen molar-refractivity contribution in [1.82, 2.24) is 9.80 Å². The molecule has 0 aliphatic carbocycles. The molecule has 0 aliphatic rings. The topological polar surface area (TPSA) is 6.48 Å². The lowest BCUT2D eigenvalue weighted by Crippen LogP contribution is -2.39. The fraction of sp³-hybridized carbons (Fsp3) is 1.00. The van der Waals surface area contributed by atoms with Crippen LogP contribution in [0.25, 0.3) is 0 Å². The lowest BCUT2D eigenvalue weighted by molar-refractivity contribution is 0.452. The van der Waals surface area contributed by atoms with E-state index in [1.165, 1.54) is 0 Å². The molecule has 0 bridgehead atoms. The minimum Gasteiger partial charge on any atom is -0.317 e. The molecule has 2 atom stereocenters. The highest BCUT2D eigenvalue weighted by molar-refractivity contribution is 6.73. The summed E-state index contributed by atoms with van der Waals surface area (Å²) in [6.07, 6.45) is 0.921. The van der Waals surface area contributed by atoms with Gasteiger partial charge in [-0.1, -0.05) is 6.92 Å². The quantitative estimate of drug-likeness (QED) is 0.493. The van der Waals surface area contributed by atoms with Gasteiger partial charge in [0.2, 0.25) is 18.3 Å². The molecule has 0 heterocycles. The van der Waals surface area contributed by atoms with E-state index in [2.05, 4.69) is 0 Å². The van der Waals surface area contributed by atoms with Crippen LogP contribution in [0, 0.1) is 0 Å². The molecule has 0 radical (unpaired) electrons. The van der Waals surface area contributed by atoms with Crippen LogP contribution in [0.3, 0.4) is 0 Å². The van der Waals surface area contributed by atoms with E-state index in [1.54, 1.807) is 6.92 Å². The lowest BCUT2D eigenvalue weighted by Gasteiger charge is -2.22. The van der Waals surface area contributed by atoms with Crippen molar-refractivity contribution in [2.24, 2.45) is 0 Å². The van der Waals surface area contributed by atoms with Crippen LogP contribution in [0.2, 0.25) is 5.16 Å². The maximum absolute atomic E-state index is 13.6. The summed E-state index contributed by atoms with van der Waals surface area (Å²) >= 11 is 0. The summed E-state index contributed by atoms with van der Waals surface area (Å²) in [5, 5.41) is -0.264. The van der Waals surface area contributed by atoms with E-state index in [4.69, 9.17) is 0 Å². The highest BCUT2D eigenvalue weighted by atomic mass is 28.4. The Kier molecular flexibility index (Phi) is 6.75. The van der Waals surface area contributed by atoms with E-state index >= 15 is 0 Å². The van der Waals surface area contributed by atoms with Crippen molar-refractivity contribution in [3.8, 4) is 0 Å². The first-order chi connectivity index (χ1) is 6.34. The second kappa shape index (κ2) is 6.65. The molecule has 0 saturated heterocycles. The van der Waals surface area contributed by atoms with Crippen LogP contribution < -0.4 is 0 Å². The highest BCUT2D eigenvalue weighted by Crippen LogP contribution is 2.16. The van der Waals surface area contributed by atoms with Crippen molar-refractivity contribution in [3.63, 3.8) is 0 Å². The number of hydrogen-bond acceptors (Lipinski definition) is 2. The average molecular weight is 240 g/mol. The van der Waals surface area contributed by atoms with E-state index in [-0.39, 0.29) is 5.16 Å². The monoisotopic (exact) mass is 240 g/mol. The molecule has 0 aromatic heterocycles. The van der Waals surface area contributed by atoms with Gasteiger partial charge in [0.15, 0.2) is 0 Å². The first-order valence-corrected chi connectivity index (χ1v) is 8.76. The third-order valence-corrected chi connectivity index (χ3v) is 9.17. The SMILES string of the molecule is CC([SiH](F)CN(C)C)[SiH](F)CN(C)C. The van der Waals surface area contributed by atoms with Gasteiger partial charge in [-0.3, -0.25) is 0 Å². The smallest absolute Gasteiger partial charge is 0.248 e. The largest absolute Gasteiger partial charge is 0.317 e. The molecule has 0 spiro atoms. The fourth-order valence-electron chi connectivity index (χ4n) is 1.26. The molecular formula is C8H22F2N2Si2. The van der Waals surface area contributed by atoms with Gasteiger partial charge in [-0.05, 0) is 28.2 Å². The summed E-state index contributed by atoms with van der Waals surface area (Å²) in [7, 11) is 2.59. The zero-order valence-corrected chi connectivity index (χ0v) is 12.1. The van der Waals surface area contributed by atoms with Crippen molar-refractivity contribution in [2.75, 3.05) is 40.5 Å². The molecule has 6 heteroatoms. The van der Waals surface area contributed by atoms with E-state index in [0.717, 1.165) is 0 Å². The molecule has 14 heavy (non-hydrogen) atoms. The summed E-state index contributed by atoms with van der Waals surface area (Å²) in [6, 6.07) is 0. The van der Waals surface area contributed by atoms with Crippen molar-refractivity contribution >= 4 is 18.3 Å². The van der Waals surface area contributed by atoms with Crippen LogP contribution in [-0.2, 0) is 0 Å². The summed E-state index contributed by atoms with van der Waals surface area (Å²) in [5.41, 5.74) is 0. The van der Waals surface area contributed by atoms with E-state index in [9.17, 15) is 8.22 Å². The van der Waals surface area contributed by atoms with Crippen LogP contribution in [0.5, 0.6) is 0 Å². The van der Waals surface area contributed by atoms with E-state index < -0.39 is 18.3 Å². The fourth-order valence-corrected chi connectivity index (χ4v) is 5.86. The van der Waals surface area contributed by atoms with Crippen LogP contribution >= 0.6 is 0 Å². The Morgan fingerprint density at radius 1 is 0.929 bits per heavy atom. The summed E-state index contributed by atoms with van der Waals surface area (Å²) in [4.78, 5) is 3.65. The lowest BCUT2D eigenvalue weighted by atomic mass is 10.9. The van der Waals surface area contributed by atoms with Crippen molar-refractivity contribution in [2.45, 2.75) is 12.1 Å². The minimum atomic E-state index is -2.38. The third kappa shape index (κ3) is 5.84. The zero-order chi connectivity index (χ0) is 11.3. The molecule has 0 aliphatic heterocycles.